The number of allylic oxidation sites excluding steroid dienone is 4. The van der Waals surface area contributed by atoms with Crippen molar-refractivity contribution in [1.29, 1.82) is 0 Å². The predicted molar refractivity (Wildman–Crippen MR) is 176 cm³/mol. The van der Waals surface area contributed by atoms with Crippen molar-refractivity contribution in [1.82, 2.24) is 0 Å². The number of aromatic hydroxyl groups is 5. The van der Waals surface area contributed by atoms with Crippen molar-refractivity contribution in [2.75, 3.05) is 0 Å². The van der Waals surface area contributed by atoms with Crippen molar-refractivity contribution in [3.05, 3.63) is 112 Å². The average molecular weight is 631 g/mol. The summed E-state index contributed by atoms with van der Waals surface area (Å²) in [5.74, 6) is -1.39. The van der Waals surface area contributed by atoms with Gasteiger partial charge in [0.15, 0.2) is 0 Å². The van der Waals surface area contributed by atoms with E-state index in [0.717, 1.165) is 22.1 Å². The van der Waals surface area contributed by atoms with Crippen LogP contribution in [0.5, 0.6) is 40.2 Å². The molecule has 47 heavy (non-hydrogen) atoms. The lowest BCUT2D eigenvalue weighted by atomic mass is 9.61. The summed E-state index contributed by atoms with van der Waals surface area (Å²) in [7, 11) is 0. The first-order valence-corrected chi connectivity index (χ1v) is 15.7. The number of ether oxygens (including phenoxy) is 2. The molecule has 4 atom stereocenters. The average Bonchev–Trinajstić information content (AvgIpc) is 3.43. The van der Waals surface area contributed by atoms with Gasteiger partial charge < -0.3 is 39.4 Å². The summed E-state index contributed by atoms with van der Waals surface area (Å²) >= 11 is 0. The summed E-state index contributed by atoms with van der Waals surface area (Å²) in [6.45, 7) is 5.96. The van der Waals surface area contributed by atoms with Crippen LogP contribution in [0.1, 0.15) is 61.3 Å². The summed E-state index contributed by atoms with van der Waals surface area (Å²) < 4.78 is 19.9. The van der Waals surface area contributed by atoms with Crippen LogP contribution in [0.4, 0.5) is 0 Å². The molecule has 5 N–H and O–H groups in total. The molecule has 0 saturated heterocycles. The Morgan fingerprint density at radius 2 is 1.62 bits per heavy atom. The van der Waals surface area contributed by atoms with Gasteiger partial charge in [0.2, 0.25) is 0 Å². The fourth-order valence-electron chi connectivity index (χ4n) is 7.71. The Bertz CT molecular complexity index is 2170. The zero-order valence-electron chi connectivity index (χ0n) is 26.1. The van der Waals surface area contributed by atoms with Crippen LogP contribution in [-0.4, -0.2) is 25.5 Å². The monoisotopic (exact) mass is 630 g/mol. The number of fused-ring (bicyclic) bond motifs is 5. The van der Waals surface area contributed by atoms with E-state index in [1.54, 1.807) is 48.5 Å². The fourth-order valence-corrected chi connectivity index (χ4v) is 7.71. The van der Waals surface area contributed by atoms with E-state index in [-0.39, 0.29) is 40.6 Å². The molecule has 0 unspecified atom stereocenters. The first kappa shape index (κ1) is 28.9. The molecule has 5 aromatic rings. The SMILES string of the molecule is CC(C)=CCc1c(O)ccc([C@@]23Oc4cc(O)ccc4[C@@H]4CC(C)=C[C@@H](c5c(O)cc(-c6cc7ccc(O)cc7o6)cc5O2)[C@H]43)c1O. The summed E-state index contributed by atoms with van der Waals surface area (Å²) in [5.41, 5.74) is 5.38. The number of phenolic OH excluding ortho intramolecular Hbond substituents is 5. The third kappa shape index (κ3) is 4.42. The molecule has 0 spiro atoms. The van der Waals surface area contributed by atoms with Gasteiger partial charge in [-0.15, -0.1) is 0 Å². The molecule has 0 saturated carbocycles. The molecule has 3 aliphatic rings. The second-order valence-corrected chi connectivity index (χ2v) is 13.2. The molecule has 3 heterocycles. The van der Waals surface area contributed by atoms with Crippen molar-refractivity contribution in [2.24, 2.45) is 5.92 Å². The van der Waals surface area contributed by atoms with Crippen LogP contribution < -0.4 is 9.47 Å². The number of benzene rings is 4. The fraction of sp³-hybridized carbons (Fsp3) is 0.231. The van der Waals surface area contributed by atoms with Gasteiger partial charge in [-0.25, -0.2) is 0 Å². The van der Waals surface area contributed by atoms with Gasteiger partial charge >= 0.3 is 0 Å². The van der Waals surface area contributed by atoms with E-state index in [2.05, 4.69) is 13.0 Å². The topological polar surface area (TPSA) is 133 Å². The molecule has 0 radical (unpaired) electrons. The molecule has 4 aromatic carbocycles. The highest BCUT2D eigenvalue weighted by Crippen LogP contribution is 2.65. The van der Waals surface area contributed by atoms with E-state index in [1.807, 2.05) is 32.1 Å². The minimum Gasteiger partial charge on any atom is -0.508 e. The quantitative estimate of drug-likeness (QED) is 0.125. The number of furan rings is 1. The maximum atomic E-state index is 11.9. The Morgan fingerprint density at radius 3 is 2.43 bits per heavy atom. The standard InChI is InChI=1S/C39H34O8/c1-19(2)4-8-26-30(42)11-10-29(38(26)44)39-37-27(25-9-7-24(41)18-34(25)46-39)12-20(3)13-28(37)36-31(43)14-22(16-35(36)47-39)32-15-21-5-6-23(40)17-33(21)45-32/h4-7,9-11,13-18,27-28,37,40-44H,8,12H2,1-3H3/t27-,28-,37-,39+/m0/s1. The Kier molecular flexibility index (Phi) is 6.31. The summed E-state index contributed by atoms with van der Waals surface area (Å²) in [5, 5.41) is 55.8. The zero-order valence-corrected chi connectivity index (χ0v) is 26.1. The molecular formula is C39H34O8. The first-order chi connectivity index (χ1) is 22.5. The maximum Gasteiger partial charge on any atom is 0.285 e. The van der Waals surface area contributed by atoms with Gasteiger partial charge in [-0.2, -0.15) is 0 Å². The van der Waals surface area contributed by atoms with Gasteiger partial charge in [0.1, 0.15) is 51.6 Å². The highest BCUT2D eigenvalue weighted by Gasteiger charge is 2.62. The van der Waals surface area contributed by atoms with Crippen molar-refractivity contribution in [3.8, 4) is 51.6 Å². The van der Waals surface area contributed by atoms with Crippen LogP contribution in [0.2, 0.25) is 0 Å². The van der Waals surface area contributed by atoms with E-state index < -0.39 is 11.7 Å². The van der Waals surface area contributed by atoms with E-state index in [9.17, 15) is 25.5 Å². The molecule has 2 aliphatic heterocycles. The Labute approximate surface area is 271 Å². The van der Waals surface area contributed by atoms with E-state index in [0.29, 0.717) is 57.9 Å². The Morgan fingerprint density at radius 1 is 0.851 bits per heavy atom. The van der Waals surface area contributed by atoms with Crippen LogP contribution in [0.15, 0.2) is 94.4 Å². The molecule has 0 amide bonds. The lowest BCUT2D eigenvalue weighted by Gasteiger charge is -2.55. The van der Waals surface area contributed by atoms with Crippen LogP contribution >= 0.6 is 0 Å². The second-order valence-electron chi connectivity index (χ2n) is 13.2. The Hall–Kier alpha value is -5.50. The number of hydrogen-bond acceptors (Lipinski definition) is 8. The number of hydrogen-bond donors (Lipinski definition) is 5. The molecule has 1 aliphatic carbocycles. The lowest BCUT2D eigenvalue weighted by Crippen LogP contribution is -2.56. The lowest BCUT2D eigenvalue weighted by molar-refractivity contribution is -0.198. The molecule has 8 heteroatoms. The van der Waals surface area contributed by atoms with E-state index in [4.69, 9.17) is 13.9 Å². The molecule has 8 nitrogen and oxygen atoms in total. The largest absolute Gasteiger partial charge is 0.508 e. The van der Waals surface area contributed by atoms with Crippen molar-refractivity contribution in [3.63, 3.8) is 0 Å². The van der Waals surface area contributed by atoms with Crippen LogP contribution in [0, 0.1) is 5.92 Å². The summed E-state index contributed by atoms with van der Waals surface area (Å²) in [6, 6.07) is 18.4. The van der Waals surface area contributed by atoms with Gasteiger partial charge in [-0.3, -0.25) is 0 Å². The minimum atomic E-state index is -1.61. The van der Waals surface area contributed by atoms with Gasteiger partial charge in [0, 0.05) is 46.0 Å². The molecule has 1 aromatic heterocycles. The summed E-state index contributed by atoms with van der Waals surface area (Å²) in [6.07, 6.45) is 5.03. The van der Waals surface area contributed by atoms with E-state index in [1.165, 1.54) is 6.07 Å². The van der Waals surface area contributed by atoms with Gasteiger partial charge in [0.25, 0.3) is 5.79 Å². The van der Waals surface area contributed by atoms with Gasteiger partial charge in [-0.05, 0) is 87.7 Å². The molecular weight excluding hydrogens is 596 g/mol. The smallest absolute Gasteiger partial charge is 0.285 e. The molecule has 8 rings (SSSR count). The second kappa shape index (κ2) is 10.3. The summed E-state index contributed by atoms with van der Waals surface area (Å²) in [4.78, 5) is 0. The molecule has 0 bridgehead atoms. The van der Waals surface area contributed by atoms with Crippen LogP contribution in [0.3, 0.4) is 0 Å². The third-order valence-electron chi connectivity index (χ3n) is 9.77. The Balaban J connectivity index is 1.38. The molecule has 0 fully saturated rings. The predicted octanol–water partition coefficient (Wildman–Crippen LogP) is 8.61. The zero-order chi connectivity index (χ0) is 32.8. The van der Waals surface area contributed by atoms with Crippen LogP contribution in [-0.2, 0) is 12.2 Å². The number of rotatable bonds is 4. The normalized spacial score (nSPS) is 22.3. The van der Waals surface area contributed by atoms with Gasteiger partial charge in [-0.1, -0.05) is 29.4 Å². The number of phenols is 5. The minimum absolute atomic E-state index is 0.0276. The maximum absolute atomic E-state index is 11.9. The first-order valence-electron chi connectivity index (χ1n) is 15.7. The van der Waals surface area contributed by atoms with E-state index >= 15 is 0 Å². The van der Waals surface area contributed by atoms with Crippen molar-refractivity contribution < 1.29 is 39.4 Å². The highest BCUT2D eigenvalue weighted by atomic mass is 16.7. The van der Waals surface area contributed by atoms with Crippen molar-refractivity contribution >= 4 is 11.0 Å². The van der Waals surface area contributed by atoms with Crippen molar-refractivity contribution in [2.45, 2.75) is 51.2 Å². The van der Waals surface area contributed by atoms with Crippen LogP contribution in [0.25, 0.3) is 22.3 Å². The molecule has 238 valence electrons. The third-order valence-corrected chi connectivity index (χ3v) is 9.77. The van der Waals surface area contributed by atoms with Gasteiger partial charge in [0.05, 0.1) is 11.5 Å². The highest BCUT2D eigenvalue weighted by molar-refractivity contribution is 5.84.